The second kappa shape index (κ2) is 6.29. The molecular weight excluding hydrogens is 248 g/mol. The fourth-order valence-corrected chi connectivity index (χ4v) is 2.17. The Morgan fingerprint density at radius 2 is 1.80 bits per heavy atom. The van der Waals surface area contributed by atoms with Gasteiger partial charge in [-0.1, -0.05) is 42.0 Å². The van der Waals surface area contributed by atoms with Crippen LogP contribution in [-0.4, -0.2) is 12.2 Å². The highest BCUT2D eigenvalue weighted by molar-refractivity contribution is 5.69. The molecule has 2 heteroatoms. The summed E-state index contributed by atoms with van der Waals surface area (Å²) < 4.78 is 5.32. The fourth-order valence-electron chi connectivity index (χ4n) is 2.17. The van der Waals surface area contributed by atoms with Gasteiger partial charge in [-0.25, -0.2) is 0 Å². The normalized spacial score (nSPS) is 10.2. The molecule has 0 heterocycles. The van der Waals surface area contributed by atoms with Crippen molar-refractivity contribution in [1.82, 2.24) is 0 Å². The van der Waals surface area contributed by atoms with Crippen molar-refractivity contribution in [1.29, 1.82) is 0 Å². The number of allylic oxidation sites excluding steroid dienone is 2. The molecule has 1 N–H and O–H groups in total. The highest BCUT2D eigenvalue weighted by Gasteiger charge is 2.11. The summed E-state index contributed by atoms with van der Waals surface area (Å²) in [6, 6.07) is 13.9. The van der Waals surface area contributed by atoms with Crippen LogP contribution in [0.3, 0.4) is 0 Å². The Morgan fingerprint density at radius 3 is 2.40 bits per heavy atom. The summed E-state index contributed by atoms with van der Waals surface area (Å²) in [5.41, 5.74) is 4.33. The van der Waals surface area contributed by atoms with Crippen molar-refractivity contribution < 1.29 is 9.84 Å². The highest BCUT2D eigenvalue weighted by Crippen LogP contribution is 2.36. The van der Waals surface area contributed by atoms with Gasteiger partial charge in [-0.05, 0) is 43.5 Å². The summed E-state index contributed by atoms with van der Waals surface area (Å²) in [6.07, 6.45) is 2.88. The summed E-state index contributed by atoms with van der Waals surface area (Å²) in [4.78, 5) is 0. The molecule has 0 aliphatic rings. The van der Waals surface area contributed by atoms with Gasteiger partial charge in [-0.2, -0.15) is 0 Å². The number of aromatic hydroxyl groups is 1. The van der Waals surface area contributed by atoms with Crippen molar-refractivity contribution in [2.24, 2.45) is 0 Å². The molecule has 0 saturated heterocycles. The van der Waals surface area contributed by atoms with Gasteiger partial charge in [0.25, 0.3) is 0 Å². The summed E-state index contributed by atoms with van der Waals surface area (Å²) in [6.45, 7) is 4.13. The molecule has 0 saturated carbocycles. The van der Waals surface area contributed by atoms with Crippen LogP contribution in [0.15, 0.2) is 54.1 Å². The van der Waals surface area contributed by atoms with Crippen LogP contribution in [0.1, 0.15) is 19.4 Å². The largest absolute Gasteiger partial charge is 0.504 e. The second-order valence-electron chi connectivity index (χ2n) is 5.04. The number of hydrogen-bond donors (Lipinski definition) is 1. The molecule has 20 heavy (non-hydrogen) atoms. The average molecular weight is 268 g/mol. The van der Waals surface area contributed by atoms with E-state index in [2.05, 4.69) is 26.0 Å². The van der Waals surface area contributed by atoms with E-state index in [4.69, 9.17) is 4.74 Å². The molecule has 2 nitrogen and oxygen atoms in total. The van der Waals surface area contributed by atoms with Gasteiger partial charge in [-0.15, -0.1) is 0 Å². The molecule has 0 amide bonds. The van der Waals surface area contributed by atoms with E-state index >= 15 is 0 Å². The Kier molecular flexibility index (Phi) is 4.46. The monoisotopic (exact) mass is 268 g/mol. The molecule has 0 aliphatic carbocycles. The Bertz CT molecular complexity index is 609. The topological polar surface area (TPSA) is 29.5 Å². The van der Waals surface area contributed by atoms with Crippen molar-refractivity contribution in [2.45, 2.75) is 20.3 Å². The number of ether oxygens (including phenoxy) is 1. The SMILES string of the molecule is COc1c(O)cc(-c2ccccc2)cc1CC=C(C)C. The standard InChI is InChI=1S/C18H20O2/c1-13(2)9-10-15-11-16(12-17(19)18(15)20-3)14-7-5-4-6-8-14/h4-9,11-12,19H,10H2,1-3H3. The molecule has 0 radical (unpaired) electrons. The minimum Gasteiger partial charge on any atom is -0.504 e. The van der Waals surface area contributed by atoms with E-state index in [9.17, 15) is 5.11 Å². The second-order valence-corrected chi connectivity index (χ2v) is 5.04. The third-order valence-corrected chi connectivity index (χ3v) is 3.19. The third kappa shape index (κ3) is 3.21. The minimum absolute atomic E-state index is 0.186. The van der Waals surface area contributed by atoms with E-state index in [0.717, 1.165) is 23.1 Å². The number of methoxy groups -OCH3 is 1. The highest BCUT2D eigenvalue weighted by atomic mass is 16.5. The summed E-state index contributed by atoms with van der Waals surface area (Å²) >= 11 is 0. The number of rotatable bonds is 4. The van der Waals surface area contributed by atoms with Crippen molar-refractivity contribution in [2.75, 3.05) is 7.11 Å². The molecule has 0 aromatic heterocycles. The van der Waals surface area contributed by atoms with E-state index in [0.29, 0.717) is 5.75 Å². The quantitative estimate of drug-likeness (QED) is 0.823. The molecule has 2 aromatic rings. The third-order valence-electron chi connectivity index (χ3n) is 3.19. The maximum Gasteiger partial charge on any atom is 0.164 e. The summed E-state index contributed by atoms with van der Waals surface area (Å²) in [5, 5.41) is 10.2. The fraction of sp³-hybridized carbons (Fsp3) is 0.222. The predicted molar refractivity (Wildman–Crippen MR) is 83.2 cm³/mol. The molecule has 0 bridgehead atoms. The molecule has 0 fully saturated rings. The van der Waals surface area contributed by atoms with Crippen LogP contribution in [0.25, 0.3) is 11.1 Å². The van der Waals surface area contributed by atoms with Gasteiger partial charge in [0.2, 0.25) is 0 Å². The van der Waals surface area contributed by atoms with Crippen LogP contribution in [0.4, 0.5) is 0 Å². The van der Waals surface area contributed by atoms with Gasteiger partial charge in [0.1, 0.15) is 0 Å². The number of hydrogen-bond acceptors (Lipinski definition) is 2. The van der Waals surface area contributed by atoms with Crippen LogP contribution >= 0.6 is 0 Å². The number of phenols is 1. The molecule has 0 atom stereocenters. The van der Waals surface area contributed by atoms with Gasteiger partial charge in [0.15, 0.2) is 11.5 Å². The van der Waals surface area contributed by atoms with Gasteiger partial charge < -0.3 is 9.84 Å². The Hall–Kier alpha value is -2.22. The van der Waals surface area contributed by atoms with Crippen LogP contribution in [0, 0.1) is 0 Å². The van der Waals surface area contributed by atoms with Crippen molar-refractivity contribution in [3.8, 4) is 22.6 Å². The maximum absolute atomic E-state index is 10.2. The first-order chi connectivity index (χ1) is 9.61. The first-order valence-corrected chi connectivity index (χ1v) is 6.70. The van der Waals surface area contributed by atoms with Crippen LogP contribution in [-0.2, 0) is 6.42 Å². The lowest BCUT2D eigenvalue weighted by molar-refractivity contribution is 0.370. The first kappa shape index (κ1) is 14.2. The minimum atomic E-state index is 0.186. The van der Waals surface area contributed by atoms with Gasteiger partial charge in [-0.3, -0.25) is 0 Å². The van der Waals surface area contributed by atoms with E-state index < -0.39 is 0 Å². The Morgan fingerprint density at radius 1 is 1.10 bits per heavy atom. The molecular formula is C18H20O2. The van der Waals surface area contributed by atoms with E-state index in [1.54, 1.807) is 13.2 Å². The Balaban J connectivity index is 2.49. The molecule has 0 aliphatic heterocycles. The maximum atomic E-state index is 10.2. The molecule has 0 spiro atoms. The zero-order chi connectivity index (χ0) is 14.5. The van der Waals surface area contributed by atoms with Crippen LogP contribution in [0.5, 0.6) is 11.5 Å². The number of benzene rings is 2. The first-order valence-electron chi connectivity index (χ1n) is 6.70. The van der Waals surface area contributed by atoms with Crippen LogP contribution in [0.2, 0.25) is 0 Å². The Labute approximate surface area is 120 Å². The molecule has 2 aromatic carbocycles. The lowest BCUT2D eigenvalue weighted by atomic mass is 9.99. The number of phenolic OH excluding ortho intramolecular Hbond substituents is 1. The lowest BCUT2D eigenvalue weighted by Crippen LogP contribution is -1.93. The predicted octanol–water partition coefficient (Wildman–Crippen LogP) is 4.58. The van der Waals surface area contributed by atoms with Gasteiger partial charge >= 0.3 is 0 Å². The molecule has 2 rings (SSSR count). The van der Waals surface area contributed by atoms with Crippen molar-refractivity contribution in [3.05, 3.63) is 59.7 Å². The zero-order valence-electron chi connectivity index (χ0n) is 12.2. The van der Waals surface area contributed by atoms with Crippen LogP contribution < -0.4 is 4.74 Å². The van der Waals surface area contributed by atoms with E-state index in [1.807, 2.05) is 30.3 Å². The van der Waals surface area contributed by atoms with E-state index in [1.165, 1.54) is 5.57 Å². The van der Waals surface area contributed by atoms with Gasteiger partial charge in [0, 0.05) is 5.56 Å². The van der Waals surface area contributed by atoms with Crippen molar-refractivity contribution in [3.63, 3.8) is 0 Å². The zero-order valence-corrected chi connectivity index (χ0v) is 12.2. The molecule has 104 valence electrons. The smallest absolute Gasteiger partial charge is 0.164 e. The van der Waals surface area contributed by atoms with Crippen molar-refractivity contribution >= 4 is 0 Å². The average Bonchev–Trinajstić information content (AvgIpc) is 2.45. The summed E-state index contributed by atoms with van der Waals surface area (Å²) in [5.74, 6) is 0.744. The molecule has 0 unspecified atom stereocenters. The van der Waals surface area contributed by atoms with Gasteiger partial charge in [0.05, 0.1) is 7.11 Å². The van der Waals surface area contributed by atoms with E-state index in [-0.39, 0.29) is 5.75 Å². The summed E-state index contributed by atoms with van der Waals surface area (Å²) in [7, 11) is 1.59. The lowest BCUT2D eigenvalue weighted by Gasteiger charge is -2.12.